The summed E-state index contributed by atoms with van der Waals surface area (Å²) in [5.74, 6) is -2.80. The van der Waals surface area contributed by atoms with E-state index in [0.717, 1.165) is 12.1 Å². The van der Waals surface area contributed by atoms with Crippen LogP contribution in [0.25, 0.3) is 0 Å². The lowest BCUT2D eigenvalue weighted by Gasteiger charge is -2.11. The molecule has 1 aromatic heterocycles. The number of amides is 1. The summed E-state index contributed by atoms with van der Waals surface area (Å²) >= 11 is 0. The van der Waals surface area contributed by atoms with Crippen molar-refractivity contribution in [3.63, 3.8) is 0 Å². The number of hydrogen-bond donors (Lipinski definition) is 5. The number of aliphatic hydroxyl groups is 1. The minimum atomic E-state index is -1.47. The predicted molar refractivity (Wildman–Crippen MR) is 54.7 cm³/mol. The Balaban J connectivity index is 2.89. The standard InChI is InChI=1S/C9H10N2O6/c12-3-5(9(16)17)10-8(15)4-1-6(13)11-7(14)2-4/h1-2,5,12H,3H2,(H,10,15)(H,16,17)(H2,11,13,14)/t5-/m0/s1. The smallest absolute Gasteiger partial charge is 0.328 e. The van der Waals surface area contributed by atoms with Gasteiger partial charge in [-0.2, -0.15) is 0 Å². The Kier molecular flexibility index (Phi) is 3.83. The highest BCUT2D eigenvalue weighted by Gasteiger charge is 2.20. The molecule has 1 heterocycles. The highest BCUT2D eigenvalue weighted by atomic mass is 16.4. The van der Waals surface area contributed by atoms with Crippen LogP contribution in [0, 0.1) is 0 Å². The average Bonchev–Trinajstić information content (AvgIpc) is 2.23. The second-order valence-electron chi connectivity index (χ2n) is 3.17. The summed E-state index contributed by atoms with van der Waals surface area (Å²) in [4.78, 5) is 35.0. The van der Waals surface area contributed by atoms with Crippen LogP contribution in [0.15, 0.2) is 16.9 Å². The molecule has 0 aromatic carbocycles. The van der Waals surface area contributed by atoms with Crippen LogP contribution >= 0.6 is 0 Å². The number of carbonyl (C=O) groups is 2. The van der Waals surface area contributed by atoms with E-state index in [9.17, 15) is 14.4 Å². The van der Waals surface area contributed by atoms with E-state index in [0.29, 0.717) is 0 Å². The fraction of sp³-hybridized carbons (Fsp3) is 0.222. The van der Waals surface area contributed by atoms with Gasteiger partial charge in [-0.1, -0.05) is 0 Å². The summed E-state index contributed by atoms with van der Waals surface area (Å²) in [5.41, 5.74) is -0.906. The second-order valence-corrected chi connectivity index (χ2v) is 3.17. The zero-order chi connectivity index (χ0) is 13.0. The fourth-order valence-electron chi connectivity index (χ4n) is 1.09. The van der Waals surface area contributed by atoms with Crippen LogP contribution in [0.3, 0.4) is 0 Å². The topological polar surface area (TPSA) is 140 Å². The zero-order valence-electron chi connectivity index (χ0n) is 8.51. The van der Waals surface area contributed by atoms with Crippen LogP contribution in [-0.4, -0.2) is 44.8 Å². The van der Waals surface area contributed by atoms with Gasteiger partial charge in [-0.15, -0.1) is 0 Å². The lowest BCUT2D eigenvalue weighted by Crippen LogP contribution is -2.43. The zero-order valence-corrected chi connectivity index (χ0v) is 8.51. The molecule has 1 rings (SSSR count). The molecule has 0 fully saturated rings. The quantitative estimate of drug-likeness (QED) is 0.424. The SMILES string of the molecule is O=C(N[C@@H](CO)C(=O)O)c1cc(O)[nH]c(=O)c1. The van der Waals surface area contributed by atoms with Crippen molar-refractivity contribution in [1.29, 1.82) is 0 Å². The Hall–Kier alpha value is -2.35. The number of aliphatic carboxylic acids is 1. The first-order chi connectivity index (χ1) is 7.93. The van der Waals surface area contributed by atoms with Crippen molar-refractivity contribution in [2.45, 2.75) is 6.04 Å². The van der Waals surface area contributed by atoms with Crippen molar-refractivity contribution in [2.75, 3.05) is 6.61 Å². The van der Waals surface area contributed by atoms with E-state index in [1.54, 1.807) is 0 Å². The van der Waals surface area contributed by atoms with Gasteiger partial charge < -0.3 is 20.6 Å². The van der Waals surface area contributed by atoms with Crippen LogP contribution < -0.4 is 10.9 Å². The van der Waals surface area contributed by atoms with Crippen LogP contribution in [0.4, 0.5) is 0 Å². The Labute approximate surface area is 94.5 Å². The van der Waals surface area contributed by atoms with Gasteiger partial charge in [0.05, 0.1) is 12.2 Å². The Morgan fingerprint density at radius 3 is 2.53 bits per heavy atom. The molecule has 1 amide bonds. The predicted octanol–water partition coefficient (Wildman–Crippen LogP) is -1.74. The molecule has 8 nitrogen and oxygen atoms in total. The Morgan fingerprint density at radius 2 is 2.06 bits per heavy atom. The highest BCUT2D eigenvalue weighted by molar-refractivity contribution is 5.96. The first-order valence-corrected chi connectivity index (χ1v) is 4.52. The van der Waals surface area contributed by atoms with E-state index in [2.05, 4.69) is 0 Å². The average molecular weight is 242 g/mol. The molecule has 0 aliphatic carbocycles. The van der Waals surface area contributed by atoms with Gasteiger partial charge in [0.2, 0.25) is 0 Å². The Morgan fingerprint density at radius 1 is 1.41 bits per heavy atom. The summed E-state index contributed by atoms with van der Waals surface area (Å²) in [6.45, 7) is -0.782. The van der Waals surface area contributed by atoms with Crippen LogP contribution in [0.2, 0.25) is 0 Å². The second kappa shape index (κ2) is 5.12. The van der Waals surface area contributed by atoms with Crippen molar-refractivity contribution >= 4 is 11.9 Å². The number of aromatic nitrogens is 1. The highest BCUT2D eigenvalue weighted by Crippen LogP contribution is 2.04. The molecular weight excluding hydrogens is 232 g/mol. The third kappa shape index (κ3) is 3.31. The number of pyridine rings is 1. The van der Waals surface area contributed by atoms with Gasteiger partial charge in [-0.05, 0) is 0 Å². The molecule has 0 unspecified atom stereocenters. The van der Waals surface area contributed by atoms with E-state index >= 15 is 0 Å². The van der Waals surface area contributed by atoms with Gasteiger partial charge in [-0.25, -0.2) is 4.79 Å². The molecule has 17 heavy (non-hydrogen) atoms. The number of rotatable bonds is 4. The Bertz CT molecular complexity index is 495. The minimum absolute atomic E-state index is 0.203. The van der Waals surface area contributed by atoms with E-state index in [1.807, 2.05) is 10.3 Å². The molecule has 1 aromatic rings. The maximum atomic E-state index is 11.5. The molecule has 1 atom stereocenters. The van der Waals surface area contributed by atoms with Gasteiger partial charge in [0.1, 0.15) is 0 Å². The van der Waals surface area contributed by atoms with Crippen molar-refractivity contribution in [1.82, 2.24) is 10.3 Å². The molecule has 8 heteroatoms. The number of aliphatic hydroxyl groups excluding tert-OH is 1. The first kappa shape index (κ1) is 12.7. The number of hydrogen-bond acceptors (Lipinski definition) is 5. The molecule has 0 aliphatic rings. The number of aromatic amines is 1. The summed E-state index contributed by atoms with van der Waals surface area (Å²) in [7, 11) is 0. The van der Waals surface area contributed by atoms with Crippen LogP contribution in [0.5, 0.6) is 5.88 Å². The summed E-state index contributed by atoms with van der Waals surface area (Å²) in [5, 5.41) is 28.3. The van der Waals surface area contributed by atoms with Crippen LogP contribution in [-0.2, 0) is 4.79 Å². The van der Waals surface area contributed by atoms with Crippen molar-refractivity contribution in [2.24, 2.45) is 0 Å². The number of carboxylic acids is 1. The van der Waals surface area contributed by atoms with Crippen molar-refractivity contribution in [3.05, 3.63) is 28.0 Å². The third-order valence-electron chi connectivity index (χ3n) is 1.88. The number of aromatic hydroxyl groups is 1. The minimum Gasteiger partial charge on any atom is -0.494 e. The molecule has 92 valence electrons. The van der Waals surface area contributed by atoms with Gasteiger partial charge in [0, 0.05) is 12.1 Å². The molecule has 0 aliphatic heterocycles. The molecule has 0 radical (unpaired) electrons. The first-order valence-electron chi connectivity index (χ1n) is 4.52. The summed E-state index contributed by atoms with van der Waals surface area (Å²) in [6, 6.07) is 0.391. The number of carbonyl (C=O) groups excluding carboxylic acids is 1. The number of nitrogens with one attached hydrogen (secondary N) is 2. The summed E-state index contributed by atoms with van der Waals surface area (Å²) < 4.78 is 0. The molecule has 0 saturated heterocycles. The summed E-state index contributed by atoms with van der Waals surface area (Å²) in [6.07, 6.45) is 0. The molecule has 0 bridgehead atoms. The lowest BCUT2D eigenvalue weighted by atomic mass is 10.2. The van der Waals surface area contributed by atoms with E-state index in [-0.39, 0.29) is 5.56 Å². The van der Waals surface area contributed by atoms with E-state index < -0.39 is 36.0 Å². The molecule has 5 N–H and O–H groups in total. The maximum Gasteiger partial charge on any atom is 0.328 e. The fourth-order valence-corrected chi connectivity index (χ4v) is 1.09. The maximum absolute atomic E-state index is 11.5. The number of H-pyrrole nitrogens is 1. The largest absolute Gasteiger partial charge is 0.494 e. The monoisotopic (exact) mass is 242 g/mol. The van der Waals surface area contributed by atoms with Gasteiger partial charge in [0.25, 0.3) is 11.5 Å². The van der Waals surface area contributed by atoms with Gasteiger partial charge >= 0.3 is 5.97 Å². The van der Waals surface area contributed by atoms with E-state index in [4.69, 9.17) is 15.3 Å². The molecule has 0 saturated carbocycles. The van der Waals surface area contributed by atoms with Gasteiger partial charge in [0.15, 0.2) is 11.9 Å². The third-order valence-corrected chi connectivity index (χ3v) is 1.88. The van der Waals surface area contributed by atoms with E-state index in [1.165, 1.54) is 0 Å². The van der Waals surface area contributed by atoms with Gasteiger partial charge in [-0.3, -0.25) is 14.6 Å². The van der Waals surface area contributed by atoms with Crippen molar-refractivity contribution in [3.8, 4) is 5.88 Å². The van der Waals surface area contributed by atoms with Crippen molar-refractivity contribution < 1.29 is 24.9 Å². The van der Waals surface area contributed by atoms with Crippen LogP contribution in [0.1, 0.15) is 10.4 Å². The number of carboxylic acid groups (broad SMARTS) is 1. The molecular formula is C9H10N2O6. The molecule has 0 spiro atoms. The lowest BCUT2D eigenvalue weighted by molar-refractivity contribution is -0.140. The normalized spacial score (nSPS) is 11.8.